The topological polar surface area (TPSA) is 80.9 Å². The Morgan fingerprint density at radius 2 is 1.83 bits per heavy atom. The molecule has 0 saturated heterocycles. The molecule has 6 nitrogen and oxygen atoms in total. The fourth-order valence-corrected chi connectivity index (χ4v) is 2.84. The molecule has 1 aromatic heterocycles. The van der Waals surface area contributed by atoms with Gasteiger partial charge in [-0.1, -0.05) is 35.9 Å². The molecule has 148 valence electrons. The number of nitrogens with one attached hydrogen (secondary N) is 1. The number of methoxy groups -OCH3 is 1. The van der Waals surface area contributed by atoms with Gasteiger partial charge in [0, 0.05) is 5.56 Å². The lowest BCUT2D eigenvalue weighted by Crippen LogP contribution is -2.20. The van der Waals surface area contributed by atoms with Gasteiger partial charge in [-0.3, -0.25) is 4.79 Å². The maximum atomic E-state index is 12.1. The summed E-state index contributed by atoms with van der Waals surface area (Å²) in [5.74, 6) is 0.550. The van der Waals surface area contributed by atoms with Crippen molar-refractivity contribution in [3.63, 3.8) is 0 Å². The largest absolute Gasteiger partial charge is 0.465 e. The van der Waals surface area contributed by atoms with Crippen LogP contribution in [0.5, 0.6) is 0 Å². The van der Waals surface area contributed by atoms with E-state index in [2.05, 4.69) is 15.3 Å². The molecule has 1 amide bonds. The van der Waals surface area contributed by atoms with E-state index in [9.17, 15) is 9.59 Å². The molecule has 0 unspecified atom stereocenters. The smallest absolute Gasteiger partial charge is 0.337 e. The normalized spacial score (nSPS) is 10.9. The van der Waals surface area contributed by atoms with Gasteiger partial charge in [-0.2, -0.15) is 5.10 Å². The minimum atomic E-state index is -0.389. The maximum absolute atomic E-state index is 12.1. The Kier molecular flexibility index (Phi) is 6.24. The molecule has 0 spiro atoms. The van der Waals surface area contributed by atoms with Crippen LogP contribution in [0.4, 0.5) is 0 Å². The molecule has 6 heteroatoms. The van der Waals surface area contributed by atoms with Crippen LogP contribution in [0.25, 0.3) is 11.3 Å². The predicted octanol–water partition coefficient (Wildman–Crippen LogP) is 4.04. The van der Waals surface area contributed by atoms with Crippen LogP contribution in [0.15, 0.2) is 64.1 Å². The van der Waals surface area contributed by atoms with Crippen LogP contribution in [0.1, 0.15) is 32.8 Å². The Labute approximate surface area is 169 Å². The SMILES string of the molecule is COC(=O)c1ccc(-c2ccc(/C=N\NC(=O)Cc3cc(C)ccc3C)o2)cc1. The Morgan fingerprint density at radius 1 is 1.07 bits per heavy atom. The van der Waals surface area contributed by atoms with Crippen molar-refractivity contribution < 1.29 is 18.7 Å². The van der Waals surface area contributed by atoms with Crippen molar-refractivity contribution in [2.24, 2.45) is 5.10 Å². The van der Waals surface area contributed by atoms with E-state index in [4.69, 9.17) is 4.42 Å². The molecule has 0 aliphatic carbocycles. The number of carbonyl (C=O) groups excluding carboxylic acids is 2. The van der Waals surface area contributed by atoms with E-state index >= 15 is 0 Å². The number of carbonyl (C=O) groups is 2. The maximum Gasteiger partial charge on any atom is 0.337 e. The summed E-state index contributed by atoms with van der Waals surface area (Å²) >= 11 is 0. The van der Waals surface area contributed by atoms with Crippen LogP contribution in [-0.2, 0) is 16.0 Å². The van der Waals surface area contributed by atoms with E-state index in [0.29, 0.717) is 17.1 Å². The number of esters is 1. The molecular formula is C23H22N2O4. The Hall–Kier alpha value is -3.67. The molecule has 0 aliphatic rings. The second-order valence-corrected chi connectivity index (χ2v) is 6.67. The summed E-state index contributed by atoms with van der Waals surface area (Å²) in [5, 5.41) is 3.97. The van der Waals surface area contributed by atoms with Gasteiger partial charge < -0.3 is 9.15 Å². The standard InChI is InChI=1S/C23H22N2O4/c1-15-4-5-16(2)19(12-15)13-22(26)25-24-14-20-10-11-21(29-20)17-6-8-18(9-7-17)23(27)28-3/h4-12,14H,13H2,1-3H3,(H,25,26)/b24-14-. The van der Waals surface area contributed by atoms with Gasteiger partial charge in [0.2, 0.25) is 5.91 Å². The minimum absolute atomic E-state index is 0.194. The van der Waals surface area contributed by atoms with Gasteiger partial charge in [0.15, 0.2) is 0 Å². The Morgan fingerprint density at radius 3 is 2.55 bits per heavy atom. The molecule has 0 bridgehead atoms. The van der Waals surface area contributed by atoms with E-state index in [-0.39, 0.29) is 18.3 Å². The Bertz CT molecular complexity index is 1050. The van der Waals surface area contributed by atoms with E-state index < -0.39 is 0 Å². The van der Waals surface area contributed by atoms with Crippen molar-refractivity contribution in [3.8, 4) is 11.3 Å². The van der Waals surface area contributed by atoms with Gasteiger partial charge >= 0.3 is 5.97 Å². The number of furan rings is 1. The van der Waals surface area contributed by atoms with Crippen LogP contribution in [0.3, 0.4) is 0 Å². The van der Waals surface area contributed by atoms with Crippen LogP contribution < -0.4 is 5.43 Å². The highest BCUT2D eigenvalue weighted by Crippen LogP contribution is 2.22. The number of ether oxygens (including phenoxy) is 1. The van der Waals surface area contributed by atoms with Crippen molar-refractivity contribution >= 4 is 18.1 Å². The van der Waals surface area contributed by atoms with Gasteiger partial charge in [-0.15, -0.1) is 0 Å². The average Bonchev–Trinajstić information content (AvgIpc) is 3.19. The molecule has 3 aromatic rings. The quantitative estimate of drug-likeness (QED) is 0.391. The van der Waals surface area contributed by atoms with E-state index in [1.807, 2.05) is 32.0 Å². The molecule has 0 atom stereocenters. The highest BCUT2D eigenvalue weighted by atomic mass is 16.5. The molecular weight excluding hydrogens is 368 g/mol. The molecule has 0 radical (unpaired) electrons. The van der Waals surface area contributed by atoms with Crippen molar-refractivity contribution in [2.75, 3.05) is 7.11 Å². The minimum Gasteiger partial charge on any atom is -0.465 e. The van der Waals surface area contributed by atoms with Gasteiger partial charge in [0.1, 0.15) is 11.5 Å². The van der Waals surface area contributed by atoms with Crippen LogP contribution >= 0.6 is 0 Å². The molecule has 2 aromatic carbocycles. The fourth-order valence-electron chi connectivity index (χ4n) is 2.84. The first-order valence-electron chi connectivity index (χ1n) is 9.13. The van der Waals surface area contributed by atoms with Gasteiger partial charge in [0.25, 0.3) is 0 Å². The predicted molar refractivity (Wildman–Crippen MR) is 111 cm³/mol. The fraction of sp³-hybridized carbons (Fsp3) is 0.174. The van der Waals surface area contributed by atoms with Crippen LogP contribution in [-0.4, -0.2) is 25.2 Å². The summed E-state index contributed by atoms with van der Waals surface area (Å²) in [6.07, 6.45) is 1.72. The highest BCUT2D eigenvalue weighted by Gasteiger charge is 2.08. The third-order valence-corrected chi connectivity index (χ3v) is 4.45. The number of benzene rings is 2. The van der Waals surface area contributed by atoms with Gasteiger partial charge in [-0.25, -0.2) is 10.2 Å². The summed E-state index contributed by atoms with van der Waals surface area (Å²) in [4.78, 5) is 23.6. The molecule has 0 saturated carbocycles. The van der Waals surface area contributed by atoms with Crippen LogP contribution in [0.2, 0.25) is 0 Å². The molecule has 0 fully saturated rings. The van der Waals surface area contributed by atoms with Crippen molar-refractivity contribution in [2.45, 2.75) is 20.3 Å². The summed E-state index contributed by atoms with van der Waals surface area (Å²) < 4.78 is 10.4. The zero-order valence-corrected chi connectivity index (χ0v) is 16.6. The van der Waals surface area contributed by atoms with Crippen molar-refractivity contribution in [1.82, 2.24) is 5.43 Å². The molecule has 0 aliphatic heterocycles. The van der Waals surface area contributed by atoms with Crippen molar-refractivity contribution in [3.05, 3.63) is 82.6 Å². The second-order valence-electron chi connectivity index (χ2n) is 6.67. The first kappa shape index (κ1) is 20.1. The zero-order chi connectivity index (χ0) is 20.8. The van der Waals surface area contributed by atoms with Gasteiger partial charge in [0.05, 0.1) is 25.3 Å². The Balaban J connectivity index is 1.59. The molecule has 1 N–H and O–H groups in total. The van der Waals surface area contributed by atoms with Crippen LogP contribution in [0, 0.1) is 13.8 Å². The summed E-state index contributed by atoms with van der Waals surface area (Å²) in [5.41, 5.74) is 6.97. The molecule has 29 heavy (non-hydrogen) atoms. The number of hydrogen-bond donors (Lipinski definition) is 1. The average molecular weight is 390 g/mol. The second kappa shape index (κ2) is 9.01. The summed E-state index contributed by atoms with van der Waals surface area (Å²) in [6.45, 7) is 3.98. The number of hydrogen-bond acceptors (Lipinski definition) is 5. The van der Waals surface area contributed by atoms with E-state index in [0.717, 1.165) is 22.3 Å². The lowest BCUT2D eigenvalue weighted by Gasteiger charge is -2.05. The summed E-state index contributed by atoms with van der Waals surface area (Å²) in [6, 6.07) is 16.5. The number of nitrogens with zero attached hydrogens (tertiary/aromatic N) is 1. The van der Waals surface area contributed by atoms with E-state index in [1.54, 1.807) is 36.4 Å². The van der Waals surface area contributed by atoms with Gasteiger partial charge in [-0.05, 0) is 49.2 Å². The highest BCUT2D eigenvalue weighted by molar-refractivity contribution is 5.90. The third-order valence-electron chi connectivity index (χ3n) is 4.45. The number of amides is 1. The number of rotatable bonds is 6. The summed E-state index contributed by atoms with van der Waals surface area (Å²) in [7, 11) is 1.34. The molecule has 3 rings (SSSR count). The van der Waals surface area contributed by atoms with Crippen molar-refractivity contribution in [1.29, 1.82) is 0 Å². The zero-order valence-electron chi connectivity index (χ0n) is 16.6. The lowest BCUT2D eigenvalue weighted by atomic mass is 10.0. The first-order chi connectivity index (χ1) is 14.0. The van der Waals surface area contributed by atoms with E-state index in [1.165, 1.54) is 13.3 Å². The number of aryl methyl sites for hydroxylation is 2. The molecule has 1 heterocycles. The third kappa shape index (κ3) is 5.19. The first-order valence-corrected chi connectivity index (χ1v) is 9.13. The number of hydrazone groups is 1. The lowest BCUT2D eigenvalue weighted by molar-refractivity contribution is -0.120. The monoisotopic (exact) mass is 390 g/mol.